The molecule has 28 heavy (non-hydrogen) atoms. The lowest BCUT2D eigenvalue weighted by Crippen LogP contribution is -2.44. The van der Waals surface area contributed by atoms with Gasteiger partial charge in [0.2, 0.25) is 0 Å². The Morgan fingerprint density at radius 2 is 0.964 bits per heavy atom. The Hall–Kier alpha value is -3.21. The lowest BCUT2D eigenvalue weighted by molar-refractivity contribution is -0.156. The fourth-order valence-corrected chi connectivity index (χ4v) is 2.97. The Kier molecular flexibility index (Phi) is 7.44. The number of esters is 5. The SMILES string of the molecule is COCC1(C(=O)OC)C(C(=O)OC)=C(C(=O)OC)C(C(=O)OC)=C1C(=O)OC. The maximum absolute atomic E-state index is 12.8. The van der Waals surface area contributed by atoms with E-state index in [1.807, 2.05) is 0 Å². The van der Waals surface area contributed by atoms with Crippen molar-refractivity contribution in [3.05, 3.63) is 22.3 Å². The molecule has 0 spiro atoms. The number of carbonyl (C=O) groups is 5. The van der Waals surface area contributed by atoms with Gasteiger partial charge in [-0.1, -0.05) is 0 Å². The van der Waals surface area contributed by atoms with Crippen LogP contribution in [0.3, 0.4) is 0 Å². The van der Waals surface area contributed by atoms with Gasteiger partial charge in [0.05, 0.1) is 64.4 Å². The maximum Gasteiger partial charge on any atom is 0.339 e. The van der Waals surface area contributed by atoms with Gasteiger partial charge in [0.1, 0.15) is 0 Å². The third-order valence-electron chi connectivity index (χ3n) is 4.06. The smallest absolute Gasteiger partial charge is 0.339 e. The molecule has 0 aromatic carbocycles. The molecule has 0 bridgehead atoms. The number of hydrogen-bond donors (Lipinski definition) is 0. The molecule has 0 amide bonds. The molecule has 0 saturated carbocycles. The molecule has 11 nitrogen and oxygen atoms in total. The van der Waals surface area contributed by atoms with E-state index in [0.717, 1.165) is 35.5 Å². The number of carbonyl (C=O) groups excluding carboxylic acids is 5. The molecule has 0 radical (unpaired) electrons. The summed E-state index contributed by atoms with van der Waals surface area (Å²) in [5.41, 5.74) is -5.06. The van der Waals surface area contributed by atoms with E-state index in [9.17, 15) is 24.0 Å². The van der Waals surface area contributed by atoms with Gasteiger partial charge in [0, 0.05) is 7.11 Å². The summed E-state index contributed by atoms with van der Waals surface area (Å²) in [6, 6.07) is 0. The van der Waals surface area contributed by atoms with E-state index in [1.54, 1.807) is 0 Å². The van der Waals surface area contributed by atoms with Crippen LogP contribution >= 0.6 is 0 Å². The zero-order valence-electron chi connectivity index (χ0n) is 16.2. The molecule has 1 aliphatic carbocycles. The van der Waals surface area contributed by atoms with Crippen LogP contribution in [0, 0.1) is 5.41 Å². The molecule has 11 heteroatoms. The minimum atomic E-state index is -2.34. The average molecular weight is 400 g/mol. The highest BCUT2D eigenvalue weighted by atomic mass is 16.5. The van der Waals surface area contributed by atoms with Gasteiger partial charge in [0.15, 0.2) is 5.41 Å². The molecule has 0 aromatic rings. The summed E-state index contributed by atoms with van der Waals surface area (Å²) >= 11 is 0. The van der Waals surface area contributed by atoms with E-state index < -0.39 is 64.2 Å². The summed E-state index contributed by atoms with van der Waals surface area (Å²) in [5, 5.41) is 0. The summed E-state index contributed by atoms with van der Waals surface area (Å²) < 4.78 is 28.4. The van der Waals surface area contributed by atoms with Crippen LogP contribution in [0.15, 0.2) is 22.3 Å². The molecule has 0 aromatic heterocycles. The van der Waals surface area contributed by atoms with Crippen LogP contribution in [0.2, 0.25) is 0 Å². The molecular weight excluding hydrogens is 380 g/mol. The van der Waals surface area contributed by atoms with Gasteiger partial charge in [-0.25, -0.2) is 19.2 Å². The van der Waals surface area contributed by atoms with E-state index in [1.165, 1.54) is 7.11 Å². The zero-order chi connectivity index (χ0) is 21.6. The Bertz CT molecular complexity index is 720. The maximum atomic E-state index is 12.8. The van der Waals surface area contributed by atoms with Gasteiger partial charge in [-0.05, 0) is 0 Å². The van der Waals surface area contributed by atoms with Gasteiger partial charge in [-0.3, -0.25) is 4.79 Å². The second kappa shape index (κ2) is 9.13. The molecular formula is C17H20O11. The van der Waals surface area contributed by atoms with Crippen LogP contribution < -0.4 is 0 Å². The van der Waals surface area contributed by atoms with E-state index in [2.05, 4.69) is 18.9 Å². The number of hydrogen-bond acceptors (Lipinski definition) is 11. The predicted molar refractivity (Wildman–Crippen MR) is 88.4 cm³/mol. The number of ether oxygens (including phenoxy) is 6. The first-order valence-corrected chi connectivity index (χ1v) is 7.63. The van der Waals surface area contributed by atoms with Crippen molar-refractivity contribution in [2.45, 2.75) is 0 Å². The van der Waals surface area contributed by atoms with Crippen molar-refractivity contribution < 1.29 is 52.4 Å². The molecule has 154 valence electrons. The van der Waals surface area contributed by atoms with Crippen molar-refractivity contribution in [3.8, 4) is 0 Å². The quantitative estimate of drug-likeness (QED) is 0.387. The molecule has 1 rings (SSSR count). The third-order valence-corrected chi connectivity index (χ3v) is 4.06. The standard InChI is InChI=1S/C17H20O11/c1-23-7-17(16(22)28-6)10(14(20)26-4)8(12(18)24-2)9(13(19)25-3)11(17)15(21)27-5/h7H2,1-6H3. The van der Waals surface area contributed by atoms with Crippen molar-refractivity contribution in [2.75, 3.05) is 49.3 Å². The molecule has 0 aliphatic heterocycles. The Labute approximate surface area is 160 Å². The van der Waals surface area contributed by atoms with Crippen LogP contribution in [-0.4, -0.2) is 79.1 Å². The average Bonchev–Trinajstić information content (AvgIpc) is 3.02. The summed E-state index contributed by atoms with van der Waals surface area (Å²) in [6.45, 7) is -0.657. The van der Waals surface area contributed by atoms with Gasteiger partial charge in [0.25, 0.3) is 0 Å². The minimum Gasteiger partial charge on any atom is -0.468 e. The largest absolute Gasteiger partial charge is 0.468 e. The fraction of sp³-hybridized carbons (Fsp3) is 0.471. The normalized spacial score (nSPS) is 15.1. The van der Waals surface area contributed by atoms with Crippen LogP contribution in [-0.2, 0) is 52.4 Å². The van der Waals surface area contributed by atoms with Crippen LogP contribution in [0.4, 0.5) is 0 Å². The van der Waals surface area contributed by atoms with E-state index in [-0.39, 0.29) is 0 Å². The van der Waals surface area contributed by atoms with Crippen LogP contribution in [0.1, 0.15) is 0 Å². The van der Waals surface area contributed by atoms with Gasteiger partial charge in [-0.15, -0.1) is 0 Å². The van der Waals surface area contributed by atoms with Crippen molar-refractivity contribution in [3.63, 3.8) is 0 Å². The van der Waals surface area contributed by atoms with E-state index in [0.29, 0.717) is 0 Å². The van der Waals surface area contributed by atoms with Crippen molar-refractivity contribution in [1.82, 2.24) is 0 Å². The Morgan fingerprint density at radius 3 is 1.21 bits per heavy atom. The van der Waals surface area contributed by atoms with Crippen molar-refractivity contribution >= 4 is 29.8 Å². The minimum absolute atomic E-state index is 0.657. The summed E-state index contributed by atoms with van der Waals surface area (Å²) in [6.07, 6.45) is 0. The predicted octanol–water partition coefficient (Wildman–Crippen LogP) is -0.909. The van der Waals surface area contributed by atoms with E-state index in [4.69, 9.17) is 9.47 Å². The van der Waals surface area contributed by atoms with Gasteiger partial charge >= 0.3 is 29.8 Å². The highest BCUT2D eigenvalue weighted by Crippen LogP contribution is 2.50. The zero-order valence-corrected chi connectivity index (χ0v) is 16.2. The molecule has 0 atom stereocenters. The molecule has 0 unspecified atom stereocenters. The first kappa shape index (κ1) is 22.8. The molecule has 0 N–H and O–H groups in total. The number of rotatable bonds is 7. The van der Waals surface area contributed by atoms with Gasteiger partial charge in [-0.2, -0.15) is 0 Å². The number of methoxy groups -OCH3 is 6. The lowest BCUT2D eigenvalue weighted by Gasteiger charge is -2.29. The summed E-state index contributed by atoms with van der Waals surface area (Å²) in [7, 11) is 6.07. The third kappa shape index (κ3) is 3.36. The molecule has 0 fully saturated rings. The van der Waals surface area contributed by atoms with Gasteiger partial charge < -0.3 is 28.4 Å². The molecule has 0 heterocycles. The highest BCUT2D eigenvalue weighted by molar-refractivity contribution is 6.23. The Balaban J connectivity index is 4.26. The molecule has 1 aliphatic rings. The van der Waals surface area contributed by atoms with Crippen molar-refractivity contribution in [2.24, 2.45) is 5.41 Å². The second-order valence-electron chi connectivity index (χ2n) is 5.30. The molecule has 0 saturated heterocycles. The topological polar surface area (TPSA) is 141 Å². The monoisotopic (exact) mass is 400 g/mol. The lowest BCUT2D eigenvalue weighted by atomic mass is 9.76. The van der Waals surface area contributed by atoms with Crippen LogP contribution in [0.5, 0.6) is 0 Å². The first-order chi connectivity index (χ1) is 13.2. The summed E-state index contributed by atoms with van der Waals surface area (Å²) in [5.74, 6) is -5.94. The highest BCUT2D eigenvalue weighted by Gasteiger charge is 2.62. The van der Waals surface area contributed by atoms with E-state index >= 15 is 0 Å². The first-order valence-electron chi connectivity index (χ1n) is 7.63. The second-order valence-corrected chi connectivity index (χ2v) is 5.30. The summed E-state index contributed by atoms with van der Waals surface area (Å²) in [4.78, 5) is 62.9. The van der Waals surface area contributed by atoms with Crippen LogP contribution in [0.25, 0.3) is 0 Å². The fourth-order valence-electron chi connectivity index (χ4n) is 2.97. The Morgan fingerprint density at radius 1 is 0.607 bits per heavy atom. The van der Waals surface area contributed by atoms with Crippen molar-refractivity contribution in [1.29, 1.82) is 0 Å².